The van der Waals surface area contributed by atoms with Gasteiger partial charge in [0.05, 0.1) is 16.1 Å². The molecule has 1 aromatic heterocycles. The fourth-order valence-corrected chi connectivity index (χ4v) is 3.44. The molecule has 0 radical (unpaired) electrons. The van der Waals surface area contributed by atoms with E-state index in [0.717, 1.165) is 30.0 Å². The SMILES string of the molecule is Cc1cc(Cl)c2[nH]c(C3=CCN(C)CC3)cc2c1.O=C(O)c1ccccc1. The summed E-state index contributed by atoms with van der Waals surface area (Å²) in [4.78, 5) is 16.0. The summed E-state index contributed by atoms with van der Waals surface area (Å²) in [6.07, 6.45) is 3.40. The number of hydrogen-bond donors (Lipinski definition) is 2. The molecular weight excluding hydrogens is 360 g/mol. The first kappa shape index (κ1) is 19.2. The number of aromatic nitrogens is 1. The van der Waals surface area contributed by atoms with Gasteiger partial charge in [-0.05, 0) is 61.9 Å². The summed E-state index contributed by atoms with van der Waals surface area (Å²) in [6, 6.07) is 14.7. The molecular formula is C22H23ClN2O2. The van der Waals surface area contributed by atoms with E-state index >= 15 is 0 Å². The quantitative estimate of drug-likeness (QED) is 0.637. The second kappa shape index (κ2) is 8.42. The highest BCUT2D eigenvalue weighted by atomic mass is 35.5. The minimum absolute atomic E-state index is 0.331. The van der Waals surface area contributed by atoms with Crippen molar-refractivity contribution in [2.45, 2.75) is 13.3 Å². The third-order valence-corrected chi connectivity index (χ3v) is 4.90. The number of benzene rings is 2. The number of likely N-dealkylation sites (N-methyl/N-ethyl adjacent to an activating group) is 1. The van der Waals surface area contributed by atoms with Gasteiger partial charge in [-0.2, -0.15) is 0 Å². The van der Waals surface area contributed by atoms with Gasteiger partial charge in [-0.3, -0.25) is 0 Å². The van der Waals surface area contributed by atoms with Crippen LogP contribution in [0.3, 0.4) is 0 Å². The van der Waals surface area contributed by atoms with Gasteiger partial charge in [-0.25, -0.2) is 4.79 Å². The van der Waals surface area contributed by atoms with Crippen molar-refractivity contribution in [1.82, 2.24) is 9.88 Å². The van der Waals surface area contributed by atoms with Gasteiger partial charge >= 0.3 is 5.97 Å². The third kappa shape index (κ3) is 4.79. The normalized spacial score (nSPS) is 14.4. The molecule has 2 N–H and O–H groups in total. The van der Waals surface area contributed by atoms with Crippen molar-refractivity contribution < 1.29 is 9.90 Å². The lowest BCUT2D eigenvalue weighted by Gasteiger charge is -2.21. The molecule has 0 atom stereocenters. The summed E-state index contributed by atoms with van der Waals surface area (Å²) in [5, 5.41) is 10.4. The number of carboxylic acids is 1. The van der Waals surface area contributed by atoms with Crippen LogP contribution in [-0.2, 0) is 0 Å². The van der Waals surface area contributed by atoms with Gasteiger partial charge in [0.2, 0.25) is 0 Å². The highest BCUT2D eigenvalue weighted by molar-refractivity contribution is 6.35. The molecule has 4 rings (SSSR count). The molecule has 4 nitrogen and oxygen atoms in total. The van der Waals surface area contributed by atoms with E-state index in [4.69, 9.17) is 16.7 Å². The lowest BCUT2D eigenvalue weighted by atomic mass is 10.1. The van der Waals surface area contributed by atoms with E-state index < -0.39 is 5.97 Å². The van der Waals surface area contributed by atoms with Crippen LogP contribution in [0.2, 0.25) is 5.02 Å². The van der Waals surface area contributed by atoms with Crippen LogP contribution in [0.5, 0.6) is 0 Å². The van der Waals surface area contributed by atoms with Gasteiger partial charge in [0, 0.05) is 24.2 Å². The Hall–Kier alpha value is -2.56. The summed E-state index contributed by atoms with van der Waals surface area (Å²) in [5.74, 6) is -0.879. The van der Waals surface area contributed by atoms with Crippen LogP contribution in [0, 0.1) is 6.92 Å². The fourth-order valence-electron chi connectivity index (χ4n) is 3.11. The molecule has 1 aliphatic rings. The zero-order valence-electron chi connectivity index (χ0n) is 15.5. The Kier molecular flexibility index (Phi) is 5.99. The number of nitrogens with one attached hydrogen (secondary N) is 1. The Labute approximate surface area is 164 Å². The van der Waals surface area contributed by atoms with Crippen molar-refractivity contribution in [2.24, 2.45) is 0 Å². The van der Waals surface area contributed by atoms with Crippen LogP contribution in [0.25, 0.3) is 16.5 Å². The smallest absolute Gasteiger partial charge is 0.335 e. The van der Waals surface area contributed by atoms with Crippen LogP contribution in [0.15, 0.2) is 54.6 Å². The Morgan fingerprint density at radius 1 is 1.19 bits per heavy atom. The minimum atomic E-state index is -0.879. The number of nitrogens with zero attached hydrogens (tertiary/aromatic N) is 1. The average Bonchev–Trinajstić information content (AvgIpc) is 3.08. The summed E-state index contributed by atoms with van der Waals surface area (Å²) in [5.41, 5.74) is 5.20. The molecule has 0 aliphatic carbocycles. The molecule has 140 valence electrons. The lowest BCUT2D eigenvalue weighted by Crippen LogP contribution is -2.23. The largest absolute Gasteiger partial charge is 0.478 e. The highest BCUT2D eigenvalue weighted by Crippen LogP contribution is 2.30. The number of aromatic carboxylic acids is 1. The zero-order chi connectivity index (χ0) is 19.4. The van der Waals surface area contributed by atoms with Crippen LogP contribution < -0.4 is 0 Å². The lowest BCUT2D eigenvalue weighted by molar-refractivity contribution is 0.0697. The van der Waals surface area contributed by atoms with E-state index in [0.29, 0.717) is 5.56 Å². The second-order valence-electron chi connectivity index (χ2n) is 6.81. The Bertz CT molecular complexity index is 977. The molecule has 1 aliphatic heterocycles. The maximum absolute atomic E-state index is 10.2. The van der Waals surface area contributed by atoms with E-state index in [9.17, 15) is 4.79 Å². The van der Waals surface area contributed by atoms with Crippen LogP contribution in [-0.4, -0.2) is 41.1 Å². The third-order valence-electron chi connectivity index (χ3n) is 4.60. The van der Waals surface area contributed by atoms with Crippen molar-refractivity contribution in [1.29, 1.82) is 0 Å². The number of halogens is 1. The van der Waals surface area contributed by atoms with Crippen molar-refractivity contribution in [3.63, 3.8) is 0 Å². The molecule has 0 fully saturated rings. The van der Waals surface area contributed by atoms with Gasteiger partial charge in [0.15, 0.2) is 0 Å². The van der Waals surface area contributed by atoms with E-state index in [1.165, 1.54) is 22.2 Å². The predicted molar refractivity (Wildman–Crippen MR) is 112 cm³/mol. The highest BCUT2D eigenvalue weighted by Gasteiger charge is 2.13. The molecule has 0 spiro atoms. The first-order chi connectivity index (χ1) is 12.9. The number of rotatable bonds is 2. The number of carbonyl (C=O) groups is 1. The Morgan fingerprint density at radius 2 is 1.93 bits per heavy atom. The Morgan fingerprint density at radius 3 is 2.52 bits per heavy atom. The van der Waals surface area contributed by atoms with Crippen molar-refractivity contribution in [3.8, 4) is 0 Å². The summed E-state index contributed by atoms with van der Waals surface area (Å²) in [6.45, 7) is 4.22. The number of hydrogen-bond acceptors (Lipinski definition) is 2. The first-order valence-electron chi connectivity index (χ1n) is 8.89. The molecule has 0 unspecified atom stereocenters. The number of fused-ring (bicyclic) bond motifs is 1. The molecule has 2 heterocycles. The predicted octanol–water partition coefficient (Wildman–Crippen LogP) is 5.23. The van der Waals surface area contributed by atoms with Gasteiger partial charge in [0.1, 0.15) is 0 Å². The molecule has 5 heteroatoms. The topological polar surface area (TPSA) is 56.3 Å². The number of aryl methyl sites for hydroxylation is 1. The van der Waals surface area contributed by atoms with E-state index in [1.807, 2.05) is 6.07 Å². The maximum Gasteiger partial charge on any atom is 0.335 e. The molecule has 2 aromatic carbocycles. The molecule has 27 heavy (non-hydrogen) atoms. The number of aromatic amines is 1. The van der Waals surface area contributed by atoms with Crippen LogP contribution in [0.4, 0.5) is 0 Å². The van der Waals surface area contributed by atoms with Crippen LogP contribution in [0.1, 0.15) is 28.0 Å². The summed E-state index contributed by atoms with van der Waals surface area (Å²) >= 11 is 6.28. The Balaban J connectivity index is 0.000000197. The standard InChI is InChI=1S/C15H17ClN2.C7H6O2/c1-10-7-12-9-14(17-15(12)13(16)8-10)11-3-5-18(2)6-4-11;8-7(9)6-4-2-1-3-5-6/h3,7-9,17H,4-6H2,1-2H3;1-5H,(H,8,9). The summed E-state index contributed by atoms with van der Waals surface area (Å²) < 4.78 is 0. The molecule has 0 saturated carbocycles. The van der Waals surface area contributed by atoms with Crippen molar-refractivity contribution >= 4 is 34.0 Å². The minimum Gasteiger partial charge on any atom is -0.478 e. The van der Waals surface area contributed by atoms with Crippen molar-refractivity contribution in [2.75, 3.05) is 20.1 Å². The molecule has 0 amide bonds. The molecule has 0 bridgehead atoms. The van der Waals surface area contributed by atoms with Gasteiger partial charge in [0.25, 0.3) is 0 Å². The maximum atomic E-state index is 10.2. The summed E-state index contributed by atoms with van der Waals surface area (Å²) in [7, 11) is 2.15. The fraction of sp³-hybridized carbons (Fsp3) is 0.227. The van der Waals surface area contributed by atoms with E-state index in [2.05, 4.69) is 42.1 Å². The average molecular weight is 383 g/mol. The molecule has 0 saturated heterocycles. The number of carboxylic acid groups (broad SMARTS) is 1. The monoisotopic (exact) mass is 382 g/mol. The van der Waals surface area contributed by atoms with E-state index in [-0.39, 0.29) is 0 Å². The van der Waals surface area contributed by atoms with Crippen molar-refractivity contribution in [3.05, 3.63) is 76.5 Å². The number of H-pyrrole nitrogens is 1. The van der Waals surface area contributed by atoms with Gasteiger partial charge < -0.3 is 15.0 Å². The van der Waals surface area contributed by atoms with Gasteiger partial charge in [-0.1, -0.05) is 35.9 Å². The molecule has 3 aromatic rings. The zero-order valence-corrected chi connectivity index (χ0v) is 16.3. The van der Waals surface area contributed by atoms with Crippen LogP contribution >= 0.6 is 11.6 Å². The second-order valence-corrected chi connectivity index (χ2v) is 7.21. The van der Waals surface area contributed by atoms with E-state index in [1.54, 1.807) is 30.3 Å². The first-order valence-corrected chi connectivity index (χ1v) is 9.27. The van der Waals surface area contributed by atoms with Gasteiger partial charge in [-0.15, -0.1) is 0 Å².